The molecule has 2 bridgehead atoms. The molecule has 0 heteroatoms. The molecule has 492 valence electrons. The highest BCUT2D eigenvalue weighted by Gasteiger charge is 2.69. The highest BCUT2D eigenvalue weighted by Crippen LogP contribution is 2.78. The Hall–Kier alpha value is 0. The van der Waals surface area contributed by atoms with Gasteiger partial charge in [0.1, 0.15) is 0 Å². The maximum absolute atomic E-state index is 2.43. The monoisotopic (exact) mass is 1160 g/mol. The van der Waals surface area contributed by atoms with Crippen LogP contribution < -0.4 is 0 Å². The largest absolute Gasteiger partial charge is 0.0625 e. The maximum atomic E-state index is 2.43. The van der Waals surface area contributed by atoms with Gasteiger partial charge in [-0.2, -0.15) is 0 Å². The van der Waals surface area contributed by atoms with Gasteiger partial charge in [-0.05, 0) is 317 Å². The van der Waals surface area contributed by atoms with E-state index < -0.39 is 0 Å². The summed E-state index contributed by atoms with van der Waals surface area (Å²) in [5.41, 5.74) is 2.47. The maximum Gasteiger partial charge on any atom is -0.0258 e. The Labute approximate surface area is 527 Å². The van der Waals surface area contributed by atoms with E-state index in [1.807, 2.05) is 0 Å². The van der Waals surface area contributed by atoms with E-state index in [2.05, 4.69) is 194 Å². The molecule has 0 aromatic carbocycles. The van der Waals surface area contributed by atoms with Crippen LogP contribution in [0.3, 0.4) is 0 Å². The lowest BCUT2D eigenvalue weighted by Gasteiger charge is -2.75. The zero-order chi connectivity index (χ0) is 62.6. The number of hydrogen-bond donors (Lipinski definition) is 0. The minimum atomic E-state index is 0.810. The van der Waals surface area contributed by atoms with Crippen molar-refractivity contribution < 1.29 is 0 Å². The summed E-state index contributed by atoms with van der Waals surface area (Å²) in [4.78, 5) is 0. The third-order valence-corrected chi connectivity index (χ3v) is 28.1. The lowest BCUT2D eigenvalue weighted by molar-refractivity contribution is -0.252. The van der Waals surface area contributed by atoms with Gasteiger partial charge in [-0.1, -0.05) is 213 Å². The minimum Gasteiger partial charge on any atom is -0.0625 e. The lowest BCUT2D eigenvalue weighted by atomic mass is 9.30. The first kappa shape index (κ1) is 75.5. The van der Waals surface area contributed by atoms with Crippen molar-refractivity contribution in [2.75, 3.05) is 0 Å². The Morgan fingerprint density at radius 2 is 0.494 bits per heavy atom. The molecule has 11 fully saturated rings. The van der Waals surface area contributed by atoms with E-state index in [9.17, 15) is 0 Å². The van der Waals surface area contributed by atoms with Gasteiger partial charge < -0.3 is 0 Å². The van der Waals surface area contributed by atoms with E-state index in [4.69, 9.17) is 0 Å². The molecule has 83 heavy (non-hydrogen) atoms. The summed E-state index contributed by atoms with van der Waals surface area (Å²) in [6.07, 6.45) is 36.3. The van der Waals surface area contributed by atoms with Crippen LogP contribution in [0.25, 0.3) is 0 Å². The minimum absolute atomic E-state index is 0.810. The Kier molecular flexibility index (Phi) is 30.8. The highest BCUT2D eigenvalue weighted by molar-refractivity contribution is 5.18. The molecule has 1 spiro atoms. The van der Waals surface area contributed by atoms with Gasteiger partial charge in [0.15, 0.2) is 0 Å². The summed E-state index contributed by atoms with van der Waals surface area (Å²) < 4.78 is 0. The van der Waals surface area contributed by atoms with Crippen molar-refractivity contribution in [1.29, 1.82) is 0 Å². The molecule has 8 atom stereocenters. The quantitative estimate of drug-likeness (QED) is 0.163. The van der Waals surface area contributed by atoms with Crippen LogP contribution in [-0.4, -0.2) is 0 Å². The summed E-state index contributed by atoms with van der Waals surface area (Å²) in [7, 11) is 0. The van der Waals surface area contributed by atoms with Gasteiger partial charge in [0.25, 0.3) is 0 Å². The Morgan fingerprint density at radius 3 is 0.759 bits per heavy atom. The second-order valence-electron chi connectivity index (χ2n) is 37.9. The molecule has 0 heterocycles. The van der Waals surface area contributed by atoms with Crippen LogP contribution >= 0.6 is 0 Å². The summed E-state index contributed by atoms with van der Waals surface area (Å²) >= 11 is 0. The second kappa shape index (κ2) is 33.9. The van der Waals surface area contributed by atoms with Crippen LogP contribution in [0.1, 0.15) is 348 Å². The molecule has 11 rings (SSSR count). The second-order valence-corrected chi connectivity index (χ2v) is 37.9. The molecular formula is C83H160. The fourth-order valence-corrected chi connectivity index (χ4v) is 19.6. The van der Waals surface area contributed by atoms with Crippen LogP contribution in [-0.2, 0) is 0 Å². The third-order valence-electron chi connectivity index (χ3n) is 28.1. The Bertz CT molecular complexity index is 1580. The molecule has 0 aromatic rings. The van der Waals surface area contributed by atoms with Gasteiger partial charge >= 0.3 is 0 Å². The molecular weight excluding hydrogens is 997 g/mol. The van der Waals surface area contributed by atoms with Crippen LogP contribution in [0.2, 0.25) is 0 Å². The molecule has 0 amide bonds. The predicted octanol–water partition coefficient (Wildman–Crippen LogP) is 27.2. The summed E-state index contributed by atoms with van der Waals surface area (Å²) in [6, 6.07) is 0. The van der Waals surface area contributed by atoms with Gasteiger partial charge in [0, 0.05) is 0 Å². The number of rotatable bonds is 14. The zero-order valence-electron chi connectivity index (χ0n) is 62.6. The van der Waals surface area contributed by atoms with Crippen molar-refractivity contribution in [3.8, 4) is 0 Å². The smallest absolute Gasteiger partial charge is 0.0258 e. The van der Waals surface area contributed by atoms with E-state index in [0.29, 0.717) is 0 Å². The molecule has 0 radical (unpaired) electrons. The average molecular weight is 1160 g/mol. The first-order chi connectivity index (χ1) is 38.6. The molecule has 0 nitrogen and oxygen atoms in total. The van der Waals surface area contributed by atoms with Gasteiger partial charge in [-0.25, -0.2) is 0 Å². The fourth-order valence-electron chi connectivity index (χ4n) is 19.6. The molecule has 0 saturated heterocycles. The van der Waals surface area contributed by atoms with Crippen LogP contribution in [0.5, 0.6) is 0 Å². The highest BCUT2D eigenvalue weighted by atomic mass is 14.7. The standard InChI is InChI=1S/C14H26.C13H24.2C12H24.C11H20.C11H22.C10H20/c1-9(2)12-7-11-5-6-13(10(3)4)14(11)8-12;1-9(2)11-5-13(6-11)7-12(8-13)10(3)4;1-9(2)11-5-7-12(8-6-11)10(3)4;1-9(2)11-6-5-7-12(8-11)10(3)4;1-8(2)10-5-11(6-10,7-10)9(3)4;1-8(2)10-5-6-11(7-10)9(3)4;1-7(2)9-5-10(6-9)8(3)4/h9-14H,5-8H2,1-4H3;9-12H,5-8H2,1-4H3;2*9-12H,5-8H2,1-4H3;8-9H,5-7H2,1-4H3;8-11H,5-7H2,1-4H3;7-10H,5-6H2,1-4H3. The molecule has 11 saturated carbocycles. The molecule has 0 aromatic heterocycles. The van der Waals surface area contributed by atoms with Crippen molar-refractivity contribution in [1.82, 2.24) is 0 Å². The number of fused-ring (bicyclic) bond motifs is 1. The first-order valence-electron chi connectivity index (χ1n) is 38.6. The molecule has 11 aliphatic carbocycles. The van der Waals surface area contributed by atoms with Crippen LogP contribution in [0.15, 0.2) is 0 Å². The summed E-state index contributed by atoms with van der Waals surface area (Å²) in [5, 5.41) is 0. The summed E-state index contributed by atoms with van der Waals surface area (Å²) in [6.45, 7) is 66.7. The van der Waals surface area contributed by atoms with Crippen molar-refractivity contribution in [3.05, 3.63) is 0 Å². The van der Waals surface area contributed by atoms with Crippen LogP contribution in [0, 0.1) is 182 Å². The average Bonchev–Trinajstić information content (AvgIpc) is 2.23. The normalized spacial score (nSPS) is 37.7. The topological polar surface area (TPSA) is 0 Å². The lowest BCUT2D eigenvalue weighted by Crippen LogP contribution is -2.66. The predicted molar refractivity (Wildman–Crippen MR) is 375 cm³/mol. The van der Waals surface area contributed by atoms with E-state index >= 15 is 0 Å². The summed E-state index contributed by atoms with van der Waals surface area (Å²) in [5.74, 6) is 27.6. The van der Waals surface area contributed by atoms with Crippen LogP contribution in [0.4, 0.5) is 0 Å². The van der Waals surface area contributed by atoms with Gasteiger partial charge in [0.05, 0.1) is 0 Å². The molecule has 0 aliphatic heterocycles. The van der Waals surface area contributed by atoms with E-state index in [-0.39, 0.29) is 0 Å². The number of hydrogen-bond acceptors (Lipinski definition) is 0. The Balaban J connectivity index is 0.000000208. The van der Waals surface area contributed by atoms with Crippen molar-refractivity contribution in [2.24, 2.45) is 182 Å². The SMILES string of the molecule is CC(C)C12CC(C(C)C)(C1)C2.CC(C)C1CC(C(C)C)C1.CC(C)C1CC2(C1)CC(C(C)C)C2.CC(C)C1CC2CCC(C(C)C)C2C1.CC(C)C1CCC(C(C)C)C1.CC(C)C1CCC(C(C)C)CC1.CC(C)C1CCCC(C(C)C)C1. The van der Waals surface area contributed by atoms with Gasteiger partial charge in [0.2, 0.25) is 0 Å². The zero-order valence-corrected chi connectivity index (χ0v) is 62.6. The van der Waals surface area contributed by atoms with E-state index in [1.165, 1.54) is 116 Å². The van der Waals surface area contributed by atoms with Crippen molar-refractivity contribution in [2.45, 2.75) is 348 Å². The van der Waals surface area contributed by atoms with Crippen molar-refractivity contribution >= 4 is 0 Å². The third kappa shape index (κ3) is 21.6. The first-order valence-corrected chi connectivity index (χ1v) is 38.6. The van der Waals surface area contributed by atoms with E-state index in [1.54, 1.807) is 38.5 Å². The molecule has 8 unspecified atom stereocenters. The van der Waals surface area contributed by atoms with Gasteiger partial charge in [-0.3, -0.25) is 0 Å². The van der Waals surface area contributed by atoms with Gasteiger partial charge in [-0.15, -0.1) is 0 Å². The Morgan fingerprint density at radius 1 is 0.229 bits per heavy atom. The molecule has 11 aliphatic rings. The fraction of sp³-hybridized carbons (Fsp3) is 1.00. The molecule has 0 N–H and O–H groups in total. The van der Waals surface area contributed by atoms with E-state index in [0.717, 1.165) is 182 Å². The van der Waals surface area contributed by atoms with Crippen molar-refractivity contribution in [3.63, 3.8) is 0 Å².